The number of thiazole rings is 1. The fourth-order valence-corrected chi connectivity index (χ4v) is 4.06. The van der Waals surface area contributed by atoms with Gasteiger partial charge in [-0.2, -0.15) is 0 Å². The van der Waals surface area contributed by atoms with Gasteiger partial charge in [0.15, 0.2) is 5.13 Å². The van der Waals surface area contributed by atoms with Crippen LogP contribution in [0.1, 0.15) is 39.3 Å². The van der Waals surface area contributed by atoms with Crippen LogP contribution in [0.5, 0.6) is 0 Å². The summed E-state index contributed by atoms with van der Waals surface area (Å²) in [4.78, 5) is 33.9. The monoisotopic (exact) mass is 450 g/mol. The van der Waals surface area contributed by atoms with Crippen molar-refractivity contribution in [2.24, 2.45) is 0 Å². The molecule has 3 aromatic rings. The van der Waals surface area contributed by atoms with Gasteiger partial charge >= 0.3 is 5.97 Å². The number of pyridine rings is 1. The average Bonchev–Trinajstić information content (AvgIpc) is 3.10. The van der Waals surface area contributed by atoms with Gasteiger partial charge < -0.3 is 10.0 Å². The molecule has 7 nitrogen and oxygen atoms in total. The molecule has 1 saturated heterocycles. The van der Waals surface area contributed by atoms with Crippen LogP contribution in [0.15, 0.2) is 30.5 Å². The number of carboxylic acids is 1. The topological polar surface area (TPSA) is 95.4 Å². The van der Waals surface area contributed by atoms with Gasteiger partial charge in [-0.05, 0) is 24.6 Å². The third-order valence-electron chi connectivity index (χ3n) is 4.96. The van der Waals surface area contributed by atoms with Crippen LogP contribution in [0.25, 0.3) is 10.9 Å². The summed E-state index contributed by atoms with van der Waals surface area (Å²) in [6, 6.07) is 5.44. The van der Waals surface area contributed by atoms with Crippen molar-refractivity contribution in [2.45, 2.75) is 25.2 Å². The Bertz CT molecular complexity index is 1170. The number of amides is 1. The van der Waals surface area contributed by atoms with E-state index in [9.17, 15) is 22.8 Å². The molecule has 0 unspecified atom stereocenters. The molecule has 0 radical (unpaired) electrons. The highest BCUT2D eigenvalue weighted by Gasteiger charge is 2.33. The maximum Gasteiger partial charge on any atom is 0.347 e. The van der Waals surface area contributed by atoms with Crippen LogP contribution in [0.4, 0.5) is 24.1 Å². The molecule has 1 amide bonds. The lowest BCUT2D eigenvalue weighted by molar-refractivity contribution is -0.0102. The molecule has 2 N–H and O–H groups in total. The van der Waals surface area contributed by atoms with Crippen LogP contribution in [0.3, 0.4) is 0 Å². The summed E-state index contributed by atoms with van der Waals surface area (Å²) in [6.45, 7) is 0.256. The molecule has 11 heteroatoms. The number of hydrogen-bond donors (Lipinski definition) is 2. The summed E-state index contributed by atoms with van der Waals surface area (Å²) in [7, 11) is 0. The third kappa shape index (κ3) is 4.61. The van der Waals surface area contributed by atoms with E-state index in [-0.39, 0.29) is 53.7 Å². The minimum absolute atomic E-state index is 0.0124. The molecule has 31 heavy (non-hydrogen) atoms. The zero-order chi connectivity index (χ0) is 22.2. The molecule has 1 fully saturated rings. The fraction of sp³-hybridized carbons (Fsp3) is 0.300. The Hall–Kier alpha value is -3.21. The Labute approximate surface area is 178 Å². The van der Waals surface area contributed by atoms with E-state index in [0.717, 1.165) is 17.5 Å². The van der Waals surface area contributed by atoms with E-state index in [1.807, 2.05) is 0 Å². The Morgan fingerprint density at radius 1 is 1.19 bits per heavy atom. The van der Waals surface area contributed by atoms with Crippen LogP contribution >= 0.6 is 11.3 Å². The standard InChI is InChI=1S/C20H17F3N4O3S/c21-12-3-2-11-8-13(17(28)26-19-24-10-15(31-19)18(29)30)16(25-14(11)9-12)27-6-1-4-20(22,23)5-7-27/h2-3,8-10H,1,4-7H2,(H,29,30)(H,24,26,28). The zero-order valence-electron chi connectivity index (χ0n) is 16.1. The molecule has 0 saturated carbocycles. The van der Waals surface area contributed by atoms with E-state index in [2.05, 4.69) is 15.3 Å². The van der Waals surface area contributed by atoms with Gasteiger partial charge in [0.05, 0.1) is 17.3 Å². The summed E-state index contributed by atoms with van der Waals surface area (Å²) < 4.78 is 41.4. The zero-order valence-corrected chi connectivity index (χ0v) is 16.9. The van der Waals surface area contributed by atoms with Crippen molar-refractivity contribution in [3.05, 3.63) is 46.7 Å². The number of aromatic carboxylic acids is 1. The van der Waals surface area contributed by atoms with Gasteiger partial charge in [0.1, 0.15) is 16.5 Å². The Morgan fingerprint density at radius 3 is 2.74 bits per heavy atom. The predicted molar refractivity (Wildman–Crippen MR) is 110 cm³/mol. The van der Waals surface area contributed by atoms with Crippen LogP contribution in [0, 0.1) is 5.82 Å². The number of halogens is 3. The lowest BCUT2D eigenvalue weighted by Crippen LogP contribution is -2.29. The van der Waals surface area contributed by atoms with Crippen molar-refractivity contribution in [1.29, 1.82) is 0 Å². The van der Waals surface area contributed by atoms with E-state index in [4.69, 9.17) is 5.11 Å². The molecule has 1 aliphatic rings. The van der Waals surface area contributed by atoms with E-state index < -0.39 is 23.6 Å². The van der Waals surface area contributed by atoms with Crippen LogP contribution in [-0.2, 0) is 0 Å². The van der Waals surface area contributed by atoms with Crippen molar-refractivity contribution in [1.82, 2.24) is 9.97 Å². The fourth-order valence-electron chi connectivity index (χ4n) is 3.41. The number of carbonyl (C=O) groups is 2. The molecule has 0 aliphatic carbocycles. The van der Waals surface area contributed by atoms with E-state index in [1.54, 1.807) is 4.90 Å². The number of anilines is 2. The van der Waals surface area contributed by atoms with Gasteiger partial charge in [0, 0.05) is 37.4 Å². The summed E-state index contributed by atoms with van der Waals surface area (Å²) in [5.41, 5.74) is 0.404. The molecule has 3 heterocycles. The number of nitrogens with zero attached hydrogens (tertiary/aromatic N) is 3. The second-order valence-electron chi connectivity index (χ2n) is 7.18. The molecule has 1 aliphatic heterocycles. The van der Waals surface area contributed by atoms with Crippen LogP contribution < -0.4 is 10.2 Å². The van der Waals surface area contributed by atoms with Crippen molar-refractivity contribution in [3.8, 4) is 0 Å². The van der Waals surface area contributed by atoms with Gasteiger partial charge in [-0.25, -0.2) is 27.9 Å². The smallest absolute Gasteiger partial charge is 0.347 e. The molecule has 2 aromatic heterocycles. The molecule has 0 spiro atoms. The minimum atomic E-state index is -2.80. The van der Waals surface area contributed by atoms with Gasteiger partial charge in [-0.3, -0.25) is 10.1 Å². The number of benzene rings is 1. The third-order valence-corrected chi connectivity index (χ3v) is 5.86. The maximum absolute atomic E-state index is 13.8. The van der Waals surface area contributed by atoms with Gasteiger partial charge in [-0.1, -0.05) is 11.3 Å². The lowest BCUT2D eigenvalue weighted by atomic mass is 10.1. The largest absolute Gasteiger partial charge is 0.477 e. The Balaban J connectivity index is 1.72. The average molecular weight is 450 g/mol. The number of alkyl halides is 2. The number of rotatable bonds is 4. The normalized spacial score (nSPS) is 16.2. The lowest BCUT2D eigenvalue weighted by Gasteiger charge is -2.24. The predicted octanol–water partition coefficient (Wildman–Crippen LogP) is 4.41. The van der Waals surface area contributed by atoms with Crippen LogP contribution in [-0.4, -0.2) is 46.0 Å². The highest BCUT2D eigenvalue weighted by Crippen LogP contribution is 2.32. The van der Waals surface area contributed by atoms with E-state index in [0.29, 0.717) is 10.9 Å². The van der Waals surface area contributed by atoms with Crippen molar-refractivity contribution >= 4 is 45.1 Å². The summed E-state index contributed by atoms with van der Waals surface area (Å²) in [6.07, 6.45) is 0.697. The molecule has 162 valence electrons. The first-order valence-electron chi connectivity index (χ1n) is 9.45. The maximum atomic E-state index is 13.8. The highest BCUT2D eigenvalue weighted by molar-refractivity contribution is 7.17. The number of carboxylic acid groups (broad SMARTS) is 1. The van der Waals surface area contributed by atoms with E-state index in [1.165, 1.54) is 24.3 Å². The summed E-state index contributed by atoms with van der Waals surface area (Å²) in [5.74, 6) is -4.92. The van der Waals surface area contributed by atoms with Crippen LogP contribution in [0.2, 0.25) is 0 Å². The second-order valence-corrected chi connectivity index (χ2v) is 8.21. The molecular weight excluding hydrogens is 433 g/mol. The van der Waals surface area contributed by atoms with Crippen molar-refractivity contribution in [3.63, 3.8) is 0 Å². The second kappa shape index (κ2) is 8.14. The number of aromatic nitrogens is 2. The van der Waals surface area contributed by atoms with Gasteiger partial charge in [0.2, 0.25) is 5.92 Å². The molecular formula is C20H17F3N4O3S. The SMILES string of the molecule is O=C(O)c1cnc(NC(=O)c2cc3ccc(F)cc3nc2N2CCCC(F)(F)CC2)s1. The number of hydrogen-bond acceptors (Lipinski definition) is 6. The number of nitrogens with one attached hydrogen (secondary N) is 1. The van der Waals surface area contributed by atoms with Crippen molar-refractivity contribution < 1.29 is 27.9 Å². The highest BCUT2D eigenvalue weighted by atomic mass is 32.1. The van der Waals surface area contributed by atoms with Crippen molar-refractivity contribution in [2.75, 3.05) is 23.3 Å². The minimum Gasteiger partial charge on any atom is -0.477 e. The number of fused-ring (bicyclic) bond motifs is 1. The van der Waals surface area contributed by atoms with Gasteiger partial charge in [-0.15, -0.1) is 0 Å². The molecule has 1 aromatic carbocycles. The summed E-state index contributed by atoms with van der Waals surface area (Å²) >= 11 is 0.789. The molecule has 0 bridgehead atoms. The number of carbonyl (C=O) groups excluding carboxylic acids is 1. The molecule has 4 rings (SSSR count). The first kappa shape index (κ1) is 21.0. The Morgan fingerprint density at radius 2 is 2.00 bits per heavy atom. The first-order chi connectivity index (χ1) is 14.7. The molecule has 0 atom stereocenters. The quantitative estimate of drug-likeness (QED) is 0.612. The van der Waals surface area contributed by atoms with Gasteiger partial charge in [0.25, 0.3) is 5.91 Å². The summed E-state index contributed by atoms with van der Waals surface area (Å²) in [5, 5.41) is 12.1. The Kier molecular flexibility index (Phi) is 5.52. The first-order valence-corrected chi connectivity index (χ1v) is 10.3. The van der Waals surface area contributed by atoms with E-state index >= 15 is 0 Å².